The van der Waals surface area contributed by atoms with Crippen LogP contribution in [-0.4, -0.2) is 20.1 Å². The van der Waals surface area contributed by atoms with Crippen LogP contribution in [0, 0.1) is 3.82 Å². The van der Waals surface area contributed by atoms with Crippen LogP contribution in [-0.2, 0) is 23.0 Å². The van der Waals surface area contributed by atoms with Crippen molar-refractivity contribution in [2.24, 2.45) is 0 Å². The molecule has 4 nitrogen and oxygen atoms in total. The molecule has 1 aromatic carbocycles. The van der Waals surface area contributed by atoms with E-state index in [1.807, 2.05) is 0 Å². The van der Waals surface area contributed by atoms with E-state index in [-0.39, 0.29) is 41.6 Å². The summed E-state index contributed by atoms with van der Waals surface area (Å²) in [7, 11) is 0.246. The number of hydrogen-bond donors (Lipinski definition) is 1. The molecule has 2 aromatic rings. The molecule has 1 aliphatic carbocycles. The second-order valence-corrected chi connectivity index (χ2v) is 8.60. The Morgan fingerprint density at radius 1 is 1.33 bits per heavy atom. The molecule has 0 saturated heterocycles. The zero-order chi connectivity index (χ0) is 14.5. The van der Waals surface area contributed by atoms with Crippen LogP contribution < -0.4 is 34.3 Å². The van der Waals surface area contributed by atoms with E-state index in [2.05, 4.69) is 0 Å². The topological polar surface area (TPSA) is 63.6 Å². The molecule has 1 aliphatic rings. The SMILES string of the molecule is COc1cc2c(cc1S(=O)(=O)O)CCc1c-2ssc1=S.[H-].[Na+]. The normalized spacial score (nSPS) is 13.0. The molecule has 1 N–H and O–H groups in total. The molecule has 0 aliphatic heterocycles. The molecular weight excluding hydrogens is 359 g/mol. The van der Waals surface area contributed by atoms with Crippen LogP contribution >= 0.6 is 32.9 Å². The van der Waals surface area contributed by atoms with E-state index in [9.17, 15) is 13.0 Å². The predicted molar refractivity (Wildman–Crippen MR) is 83.4 cm³/mol. The van der Waals surface area contributed by atoms with E-state index < -0.39 is 10.1 Å². The number of fused-ring (bicyclic) bond motifs is 3. The van der Waals surface area contributed by atoms with E-state index >= 15 is 0 Å². The number of rotatable bonds is 2. The Kier molecular flexibility index (Phi) is 5.32. The number of hydrogen-bond acceptors (Lipinski definition) is 6. The van der Waals surface area contributed by atoms with Crippen molar-refractivity contribution in [3.63, 3.8) is 0 Å². The molecule has 0 spiro atoms. The Morgan fingerprint density at radius 3 is 2.67 bits per heavy atom. The largest absolute Gasteiger partial charge is 1.00 e. The van der Waals surface area contributed by atoms with Gasteiger partial charge in [0.2, 0.25) is 0 Å². The summed E-state index contributed by atoms with van der Waals surface area (Å²) in [5.74, 6) is 0.156. The van der Waals surface area contributed by atoms with E-state index in [4.69, 9.17) is 17.0 Å². The minimum absolute atomic E-state index is 0. The van der Waals surface area contributed by atoms with Gasteiger partial charge in [-0.3, -0.25) is 4.55 Å². The molecule has 108 valence electrons. The standard InChI is InChI=1S/C12H10O4S4.Na.H/c1-16-9-5-8-6(4-10(9)20(13,14)15)2-3-7-11(8)18-19-12(7)17;;/h4-5H,2-3H2,1H3,(H,13,14,15);;/q;+1;-1. The molecule has 3 rings (SSSR count). The van der Waals surface area contributed by atoms with Crippen LogP contribution in [0.5, 0.6) is 5.75 Å². The first-order valence-electron chi connectivity index (χ1n) is 5.72. The van der Waals surface area contributed by atoms with Gasteiger partial charge in [0.05, 0.1) is 12.0 Å². The summed E-state index contributed by atoms with van der Waals surface area (Å²) in [6, 6.07) is 3.17. The van der Waals surface area contributed by atoms with Crippen LogP contribution in [0.4, 0.5) is 0 Å². The fourth-order valence-electron chi connectivity index (χ4n) is 2.34. The quantitative estimate of drug-likeness (QED) is 0.365. The van der Waals surface area contributed by atoms with Crippen LogP contribution in [0.15, 0.2) is 17.0 Å². The van der Waals surface area contributed by atoms with E-state index in [0.717, 1.165) is 31.8 Å². The third-order valence-electron chi connectivity index (χ3n) is 3.28. The minimum Gasteiger partial charge on any atom is -1.00 e. The molecule has 0 amide bonds. The maximum absolute atomic E-state index is 11.4. The van der Waals surface area contributed by atoms with Crippen molar-refractivity contribution in [2.45, 2.75) is 17.7 Å². The van der Waals surface area contributed by atoms with Gasteiger partial charge in [-0.05, 0) is 36.1 Å². The molecule has 1 aromatic heterocycles. The molecule has 0 saturated carbocycles. The average Bonchev–Trinajstić information content (AvgIpc) is 2.78. The van der Waals surface area contributed by atoms with Crippen molar-refractivity contribution < 1.29 is 48.7 Å². The van der Waals surface area contributed by atoms with Crippen LogP contribution in [0.3, 0.4) is 0 Å². The van der Waals surface area contributed by atoms with Crippen LogP contribution in [0.1, 0.15) is 12.6 Å². The Balaban J connectivity index is 0.00000121. The summed E-state index contributed by atoms with van der Waals surface area (Å²) in [5.41, 5.74) is 3.01. The summed E-state index contributed by atoms with van der Waals surface area (Å²) in [6.45, 7) is 0. The Morgan fingerprint density at radius 2 is 2.05 bits per heavy atom. The molecule has 0 unspecified atom stereocenters. The molecule has 0 radical (unpaired) electrons. The zero-order valence-corrected chi connectivity index (χ0v) is 16.6. The summed E-state index contributed by atoms with van der Waals surface area (Å²) in [6.07, 6.45) is 1.51. The van der Waals surface area contributed by atoms with E-state index in [0.29, 0.717) is 6.42 Å². The third-order valence-corrected chi connectivity index (χ3v) is 7.33. The molecule has 0 fully saturated rings. The van der Waals surface area contributed by atoms with Crippen molar-refractivity contribution in [3.05, 3.63) is 27.1 Å². The molecule has 0 atom stereocenters. The van der Waals surface area contributed by atoms with E-state index in [1.165, 1.54) is 13.2 Å². The monoisotopic (exact) mass is 370 g/mol. The first kappa shape index (κ1) is 17.6. The Labute approximate surface area is 158 Å². The number of ether oxygens (including phenoxy) is 1. The average molecular weight is 370 g/mol. The van der Waals surface area contributed by atoms with Gasteiger partial charge in [-0.2, -0.15) is 8.42 Å². The minimum atomic E-state index is -4.29. The van der Waals surface area contributed by atoms with Crippen molar-refractivity contribution >= 4 is 43.0 Å². The molecule has 9 heteroatoms. The van der Waals surface area contributed by atoms with E-state index in [1.54, 1.807) is 26.7 Å². The van der Waals surface area contributed by atoms with Gasteiger partial charge in [-0.15, -0.1) is 0 Å². The van der Waals surface area contributed by atoms with Gasteiger partial charge in [-0.25, -0.2) is 0 Å². The zero-order valence-electron chi connectivity index (χ0n) is 12.4. The maximum atomic E-state index is 11.4. The summed E-state index contributed by atoms with van der Waals surface area (Å²) >= 11 is 5.31. The van der Waals surface area contributed by atoms with Crippen molar-refractivity contribution in [2.75, 3.05) is 7.11 Å². The van der Waals surface area contributed by atoms with Crippen LogP contribution in [0.25, 0.3) is 10.4 Å². The number of methoxy groups -OCH3 is 1. The Hall–Kier alpha value is 0.200. The van der Waals surface area contributed by atoms with Gasteiger partial charge in [0.1, 0.15) is 14.5 Å². The molecule has 1 heterocycles. The van der Waals surface area contributed by atoms with Crippen LogP contribution in [0.2, 0.25) is 0 Å². The maximum Gasteiger partial charge on any atom is 1.00 e. The second kappa shape index (κ2) is 6.37. The van der Waals surface area contributed by atoms with Gasteiger partial charge in [0, 0.05) is 5.56 Å². The summed E-state index contributed by atoms with van der Waals surface area (Å²) in [5, 5.41) is 0. The first-order valence-corrected chi connectivity index (χ1v) is 9.72. The van der Waals surface area contributed by atoms with Gasteiger partial charge < -0.3 is 6.16 Å². The van der Waals surface area contributed by atoms with Crippen molar-refractivity contribution in [1.82, 2.24) is 0 Å². The first-order chi connectivity index (χ1) is 9.41. The second-order valence-electron chi connectivity index (χ2n) is 4.40. The number of aryl methyl sites for hydroxylation is 1. The third kappa shape index (κ3) is 3.13. The summed E-state index contributed by atoms with van der Waals surface area (Å²) < 4.78 is 38.1. The van der Waals surface area contributed by atoms with Gasteiger partial charge >= 0.3 is 29.6 Å². The van der Waals surface area contributed by atoms with Gasteiger partial charge in [-0.1, -0.05) is 32.9 Å². The molecule has 21 heavy (non-hydrogen) atoms. The number of benzene rings is 1. The molecule has 0 bridgehead atoms. The smallest absolute Gasteiger partial charge is 1.00 e. The van der Waals surface area contributed by atoms with Crippen molar-refractivity contribution in [1.29, 1.82) is 0 Å². The van der Waals surface area contributed by atoms with Gasteiger partial charge in [0.25, 0.3) is 10.1 Å². The predicted octanol–water partition coefficient (Wildman–Crippen LogP) is 0.676. The molecular formula is C12H11NaO4S4. The van der Waals surface area contributed by atoms with Gasteiger partial charge in [0.15, 0.2) is 0 Å². The van der Waals surface area contributed by atoms with Crippen molar-refractivity contribution in [3.8, 4) is 16.2 Å². The fourth-order valence-corrected chi connectivity index (χ4v) is 6.06. The Bertz CT molecular complexity index is 856. The summed E-state index contributed by atoms with van der Waals surface area (Å²) in [4.78, 5) is 0.905. The fraction of sp³-hybridized carbons (Fsp3) is 0.250.